The standard InChI is InChI=1S/C16H21N5O5S3/c1-4-26-12-8-6-5-7-11(12)17-14(23)10-27-16-20-19-15(28-16)18-13(22)9-21(2)29(3,24)25/h5-8H,4,9-10H2,1-3H3,(H,17,23)(H,18,19,22). The molecule has 0 radical (unpaired) electrons. The van der Waals surface area contributed by atoms with E-state index in [1.807, 2.05) is 13.0 Å². The smallest absolute Gasteiger partial charge is 0.241 e. The topological polar surface area (TPSA) is 131 Å². The third-order valence-corrected chi connectivity index (χ3v) is 6.61. The van der Waals surface area contributed by atoms with Gasteiger partial charge < -0.3 is 10.1 Å². The zero-order chi connectivity index (χ0) is 21.4. The highest BCUT2D eigenvalue weighted by Gasteiger charge is 2.17. The first-order valence-electron chi connectivity index (χ1n) is 8.38. The van der Waals surface area contributed by atoms with Crippen molar-refractivity contribution < 1.29 is 22.7 Å². The van der Waals surface area contributed by atoms with E-state index in [0.29, 0.717) is 22.4 Å². The number of nitrogens with zero attached hydrogens (tertiary/aromatic N) is 3. The number of likely N-dealkylation sites (N-methyl/N-ethyl adjacent to an activating group) is 1. The number of nitrogens with one attached hydrogen (secondary N) is 2. The van der Waals surface area contributed by atoms with Crippen molar-refractivity contribution in [2.45, 2.75) is 11.3 Å². The number of benzene rings is 1. The summed E-state index contributed by atoms with van der Waals surface area (Å²) in [5.74, 6) is -0.0817. The molecule has 0 spiro atoms. The van der Waals surface area contributed by atoms with Crippen LogP contribution in [0.3, 0.4) is 0 Å². The maximum atomic E-state index is 12.2. The molecule has 0 aliphatic heterocycles. The molecular formula is C16H21N5O5S3. The Labute approximate surface area is 177 Å². The summed E-state index contributed by atoms with van der Waals surface area (Å²) in [4.78, 5) is 24.1. The molecule has 0 bridgehead atoms. The lowest BCUT2D eigenvalue weighted by Crippen LogP contribution is -2.34. The quantitative estimate of drug-likeness (QED) is 0.404. The third kappa shape index (κ3) is 7.61. The Hall–Kier alpha value is -2.22. The largest absolute Gasteiger partial charge is 0.492 e. The van der Waals surface area contributed by atoms with Crippen LogP contribution in [0, 0.1) is 0 Å². The van der Waals surface area contributed by atoms with Crippen LogP contribution in [0.4, 0.5) is 10.8 Å². The zero-order valence-electron chi connectivity index (χ0n) is 16.0. The van der Waals surface area contributed by atoms with Gasteiger partial charge in [-0.25, -0.2) is 8.42 Å². The summed E-state index contributed by atoms with van der Waals surface area (Å²) in [5, 5.41) is 13.2. The molecule has 0 fully saturated rings. The Morgan fingerprint density at radius 1 is 1.21 bits per heavy atom. The van der Waals surface area contributed by atoms with Gasteiger partial charge in [0.05, 0.1) is 30.8 Å². The number of hydrogen-bond donors (Lipinski definition) is 2. The monoisotopic (exact) mass is 459 g/mol. The summed E-state index contributed by atoms with van der Waals surface area (Å²) in [7, 11) is -2.15. The molecule has 2 aromatic rings. The molecular weight excluding hydrogens is 438 g/mol. The number of ether oxygens (including phenoxy) is 1. The van der Waals surface area contributed by atoms with Crippen LogP contribution in [0.25, 0.3) is 0 Å². The molecule has 2 N–H and O–H groups in total. The first kappa shape index (κ1) is 23.1. The number of carbonyl (C=O) groups is 2. The molecule has 158 valence electrons. The van der Waals surface area contributed by atoms with Crippen molar-refractivity contribution in [3.05, 3.63) is 24.3 Å². The Morgan fingerprint density at radius 3 is 2.62 bits per heavy atom. The van der Waals surface area contributed by atoms with Crippen LogP contribution < -0.4 is 15.4 Å². The highest BCUT2D eigenvalue weighted by Crippen LogP contribution is 2.27. The highest BCUT2D eigenvalue weighted by atomic mass is 32.2. The van der Waals surface area contributed by atoms with E-state index in [1.165, 1.54) is 18.8 Å². The number of thioether (sulfide) groups is 1. The van der Waals surface area contributed by atoms with Gasteiger partial charge in [0.1, 0.15) is 5.75 Å². The Bertz CT molecular complexity index is 963. The van der Waals surface area contributed by atoms with Crippen molar-refractivity contribution >= 4 is 55.8 Å². The average Bonchev–Trinajstić information content (AvgIpc) is 3.08. The predicted molar refractivity (Wildman–Crippen MR) is 113 cm³/mol. The van der Waals surface area contributed by atoms with Crippen LogP contribution >= 0.6 is 23.1 Å². The fraction of sp³-hybridized carbons (Fsp3) is 0.375. The minimum absolute atomic E-state index is 0.0971. The molecule has 0 saturated carbocycles. The number of sulfonamides is 1. The lowest BCUT2D eigenvalue weighted by atomic mass is 10.3. The van der Waals surface area contributed by atoms with Crippen LogP contribution in [0.2, 0.25) is 0 Å². The second-order valence-corrected chi connectivity index (χ2v) is 10.00. The summed E-state index contributed by atoms with van der Waals surface area (Å²) >= 11 is 2.26. The summed E-state index contributed by atoms with van der Waals surface area (Å²) in [6.45, 7) is 2.02. The second kappa shape index (κ2) is 10.5. The first-order valence-corrected chi connectivity index (χ1v) is 12.0. The molecule has 1 heterocycles. The van der Waals surface area contributed by atoms with E-state index < -0.39 is 15.9 Å². The number of rotatable bonds is 10. The average molecular weight is 460 g/mol. The minimum Gasteiger partial charge on any atom is -0.492 e. The lowest BCUT2D eigenvalue weighted by Gasteiger charge is -2.12. The van der Waals surface area contributed by atoms with Gasteiger partial charge in [0.15, 0.2) is 4.34 Å². The number of aromatic nitrogens is 2. The normalized spacial score (nSPS) is 11.3. The van der Waals surface area contributed by atoms with Crippen LogP contribution in [-0.2, 0) is 19.6 Å². The molecule has 0 unspecified atom stereocenters. The Balaban J connectivity index is 1.84. The SMILES string of the molecule is CCOc1ccccc1NC(=O)CSc1nnc(NC(=O)CN(C)S(C)(=O)=O)s1. The maximum absolute atomic E-state index is 12.2. The van der Waals surface area contributed by atoms with Crippen LogP contribution in [0.1, 0.15) is 6.92 Å². The molecule has 0 aliphatic rings. The van der Waals surface area contributed by atoms with Gasteiger partial charge >= 0.3 is 0 Å². The molecule has 1 aromatic heterocycles. The predicted octanol–water partition coefficient (Wildman–Crippen LogP) is 1.50. The summed E-state index contributed by atoms with van der Waals surface area (Å²) in [6, 6.07) is 7.14. The Kier molecular flexibility index (Phi) is 8.37. The van der Waals surface area contributed by atoms with E-state index in [4.69, 9.17) is 4.74 Å². The number of hydrogen-bond acceptors (Lipinski definition) is 9. The zero-order valence-corrected chi connectivity index (χ0v) is 18.5. The number of anilines is 2. The number of carbonyl (C=O) groups excluding carboxylic acids is 2. The summed E-state index contributed by atoms with van der Waals surface area (Å²) in [5.41, 5.74) is 0.583. The second-order valence-electron chi connectivity index (χ2n) is 5.71. The Morgan fingerprint density at radius 2 is 1.93 bits per heavy atom. The lowest BCUT2D eigenvalue weighted by molar-refractivity contribution is -0.116. The van der Waals surface area contributed by atoms with Crippen molar-refractivity contribution in [1.29, 1.82) is 0 Å². The van der Waals surface area contributed by atoms with Gasteiger partial charge in [-0.05, 0) is 19.1 Å². The molecule has 0 aliphatic carbocycles. The number of amides is 2. The van der Waals surface area contributed by atoms with Crippen molar-refractivity contribution in [3.8, 4) is 5.75 Å². The fourth-order valence-electron chi connectivity index (χ4n) is 1.96. The van der Waals surface area contributed by atoms with Gasteiger partial charge in [0, 0.05) is 7.05 Å². The van der Waals surface area contributed by atoms with Crippen LogP contribution in [-0.4, -0.2) is 66.9 Å². The van der Waals surface area contributed by atoms with Gasteiger partial charge in [-0.15, -0.1) is 10.2 Å². The summed E-state index contributed by atoms with van der Waals surface area (Å²) < 4.78 is 29.5. The third-order valence-electron chi connectivity index (χ3n) is 3.37. The van der Waals surface area contributed by atoms with Crippen LogP contribution in [0.5, 0.6) is 5.75 Å². The molecule has 13 heteroatoms. The van der Waals surface area contributed by atoms with E-state index in [2.05, 4.69) is 20.8 Å². The first-order chi connectivity index (χ1) is 13.7. The highest BCUT2D eigenvalue weighted by molar-refractivity contribution is 8.01. The molecule has 10 nitrogen and oxygen atoms in total. The van der Waals surface area contributed by atoms with Crippen molar-refractivity contribution in [3.63, 3.8) is 0 Å². The van der Waals surface area contributed by atoms with Gasteiger partial charge in [-0.3, -0.25) is 14.9 Å². The number of para-hydroxylation sites is 2. The molecule has 0 saturated heterocycles. The summed E-state index contributed by atoms with van der Waals surface area (Å²) in [6.07, 6.45) is 1.01. The van der Waals surface area contributed by atoms with E-state index >= 15 is 0 Å². The van der Waals surface area contributed by atoms with E-state index in [-0.39, 0.29) is 23.3 Å². The van der Waals surface area contributed by atoms with Crippen molar-refractivity contribution in [1.82, 2.24) is 14.5 Å². The van der Waals surface area contributed by atoms with Gasteiger partial charge in [-0.1, -0.05) is 35.2 Å². The molecule has 1 aromatic carbocycles. The van der Waals surface area contributed by atoms with Gasteiger partial charge in [-0.2, -0.15) is 4.31 Å². The minimum atomic E-state index is -3.45. The molecule has 29 heavy (non-hydrogen) atoms. The molecule has 2 amide bonds. The van der Waals surface area contributed by atoms with Crippen LogP contribution in [0.15, 0.2) is 28.6 Å². The van der Waals surface area contributed by atoms with E-state index in [0.717, 1.165) is 21.9 Å². The van der Waals surface area contributed by atoms with Crippen molar-refractivity contribution in [2.24, 2.45) is 0 Å². The van der Waals surface area contributed by atoms with E-state index in [1.54, 1.807) is 18.2 Å². The van der Waals surface area contributed by atoms with Gasteiger partial charge in [0.25, 0.3) is 0 Å². The molecule has 0 atom stereocenters. The maximum Gasteiger partial charge on any atom is 0.241 e. The van der Waals surface area contributed by atoms with Gasteiger partial charge in [0.2, 0.25) is 27.0 Å². The van der Waals surface area contributed by atoms with E-state index in [9.17, 15) is 18.0 Å². The fourth-order valence-corrected chi connectivity index (χ4v) is 3.88. The molecule has 2 rings (SSSR count). The van der Waals surface area contributed by atoms with Crippen molar-refractivity contribution in [2.75, 3.05) is 42.8 Å².